The minimum Gasteiger partial charge on any atom is -0.253 e. The first-order valence-electron chi connectivity index (χ1n) is 7.19. The van der Waals surface area contributed by atoms with E-state index in [0.717, 1.165) is 27.5 Å². The Morgan fingerprint density at radius 2 is 1.83 bits per heavy atom. The molecule has 0 saturated heterocycles. The van der Waals surface area contributed by atoms with E-state index < -0.39 is 0 Å². The van der Waals surface area contributed by atoms with Crippen molar-refractivity contribution < 1.29 is 4.39 Å². The van der Waals surface area contributed by atoms with Crippen LogP contribution >= 0.6 is 11.3 Å². The molecule has 0 amide bonds. The van der Waals surface area contributed by atoms with Gasteiger partial charge in [-0.2, -0.15) is 5.10 Å². The first-order valence-corrected chi connectivity index (χ1v) is 8.07. The lowest BCUT2D eigenvalue weighted by Gasteiger charge is -2.04. The zero-order chi connectivity index (χ0) is 16.2. The Balaban J connectivity index is 1.70. The summed E-state index contributed by atoms with van der Waals surface area (Å²) in [6.07, 6.45) is 1.73. The Bertz CT molecular complexity index is 838. The van der Waals surface area contributed by atoms with Crippen LogP contribution in [0, 0.1) is 19.7 Å². The van der Waals surface area contributed by atoms with Crippen molar-refractivity contribution in [1.82, 2.24) is 4.98 Å². The average Bonchev–Trinajstić information content (AvgIpc) is 2.96. The molecule has 0 unspecified atom stereocenters. The number of benzene rings is 2. The van der Waals surface area contributed by atoms with Crippen molar-refractivity contribution >= 4 is 22.7 Å². The van der Waals surface area contributed by atoms with Gasteiger partial charge in [0.2, 0.25) is 5.13 Å². The van der Waals surface area contributed by atoms with Crippen LogP contribution in [0.15, 0.2) is 52.9 Å². The maximum absolute atomic E-state index is 13.6. The van der Waals surface area contributed by atoms with Crippen molar-refractivity contribution in [3.63, 3.8) is 0 Å². The maximum atomic E-state index is 13.6. The van der Waals surface area contributed by atoms with E-state index in [1.165, 1.54) is 11.3 Å². The van der Waals surface area contributed by atoms with E-state index >= 15 is 0 Å². The molecule has 0 aliphatic heterocycles. The number of thiazole rings is 1. The molecule has 0 aliphatic rings. The van der Waals surface area contributed by atoms with Crippen molar-refractivity contribution in [2.45, 2.75) is 13.8 Å². The lowest BCUT2D eigenvalue weighted by atomic mass is 10.0. The Labute approximate surface area is 138 Å². The fourth-order valence-corrected chi connectivity index (χ4v) is 2.74. The molecule has 1 aromatic heterocycles. The molecule has 0 bridgehead atoms. The molecule has 2 aromatic carbocycles. The number of nitrogens with zero attached hydrogens (tertiary/aromatic N) is 2. The third kappa shape index (κ3) is 3.81. The minimum absolute atomic E-state index is 0.184. The number of nitrogens with one attached hydrogen (secondary N) is 1. The summed E-state index contributed by atoms with van der Waals surface area (Å²) in [5.74, 6) is -0.184. The van der Waals surface area contributed by atoms with E-state index in [4.69, 9.17) is 0 Å². The quantitative estimate of drug-likeness (QED) is 0.540. The average molecular weight is 325 g/mol. The monoisotopic (exact) mass is 325 g/mol. The van der Waals surface area contributed by atoms with Crippen LogP contribution in [-0.4, -0.2) is 11.2 Å². The van der Waals surface area contributed by atoms with E-state index in [1.807, 2.05) is 42.6 Å². The van der Waals surface area contributed by atoms with Gasteiger partial charge in [-0.3, -0.25) is 5.43 Å². The van der Waals surface area contributed by atoms with Crippen molar-refractivity contribution in [2.75, 3.05) is 5.43 Å². The van der Waals surface area contributed by atoms with Crippen LogP contribution in [0.2, 0.25) is 0 Å². The summed E-state index contributed by atoms with van der Waals surface area (Å²) in [6, 6.07) is 13.1. The van der Waals surface area contributed by atoms with Crippen LogP contribution in [0.3, 0.4) is 0 Å². The predicted octanol–water partition coefficient (Wildman–Crippen LogP) is 5.01. The Hall–Kier alpha value is -2.53. The molecule has 0 radical (unpaired) electrons. The molecule has 1 heterocycles. The first kappa shape index (κ1) is 15.4. The number of aromatic nitrogens is 1. The molecule has 1 N–H and O–H groups in total. The van der Waals surface area contributed by atoms with Crippen LogP contribution in [-0.2, 0) is 0 Å². The molecule has 0 fully saturated rings. The molecule has 0 atom stereocenters. The largest absolute Gasteiger partial charge is 0.253 e. The minimum atomic E-state index is -0.184. The number of rotatable bonds is 4. The zero-order valence-electron chi connectivity index (χ0n) is 12.9. The van der Waals surface area contributed by atoms with Crippen molar-refractivity contribution in [2.24, 2.45) is 5.10 Å². The van der Waals surface area contributed by atoms with Gasteiger partial charge in [-0.05, 0) is 42.2 Å². The lowest BCUT2D eigenvalue weighted by molar-refractivity contribution is 0.619. The number of hydrogen-bond acceptors (Lipinski definition) is 4. The van der Waals surface area contributed by atoms with Gasteiger partial charge in [-0.25, -0.2) is 9.37 Å². The van der Waals surface area contributed by atoms with Gasteiger partial charge in [0.15, 0.2) is 0 Å². The second kappa shape index (κ2) is 6.71. The smallest absolute Gasteiger partial charge is 0.203 e. The van der Waals surface area contributed by atoms with E-state index in [9.17, 15) is 4.39 Å². The Morgan fingerprint density at radius 3 is 2.48 bits per heavy atom. The van der Waals surface area contributed by atoms with Gasteiger partial charge in [0.25, 0.3) is 0 Å². The van der Waals surface area contributed by atoms with E-state index in [0.29, 0.717) is 5.56 Å². The number of aryl methyl sites for hydroxylation is 2. The van der Waals surface area contributed by atoms with E-state index in [2.05, 4.69) is 15.5 Å². The second-order valence-corrected chi connectivity index (χ2v) is 6.11. The van der Waals surface area contributed by atoms with Gasteiger partial charge in [-0.1, -0.05) is 36.4 Å². The summed E-state index contributed by atoms with van der Waals surface area (Å²) < 4.78 is 13.6. The zero-order valence-corrected chi connectivity index (χ0v) is 13.7. The maximum Gasteiger partial charge on any atom is 0.203 e. The number of halogens is 1. The molecule has 116 valence electrons. The van der Waals surface area contributed by atoms with E-state index in [-0.39, 0.29) is 5.82 Å². The molecule has 0 saturated carbocycles. The highest BCUT2D eigenvalue weighted by Gasteiger charge is 2.02. The normalized spacial score (nSPS) is 11.1. The summed E-state index contributed by atoms with van der Waals surface area (Å²) in [7, 11) is 0. The molecule has 3 rings (SSSR count). The number of hydrazone groups is 1. The van der Waals surface area contributed by atoms with Gasteiger partial charge < -0.3 is 0 Å². The van der Waals surface area contributed by atoms with Crippen molar-refractivity contribution in [3.8, 4) is 11.1 Å². The fraction of sp³-hybridized carbons (Fsp3) is 0.111. The SMILES string of the molecule is Cc1csc(NN=Cc2ccc(-c3ccc(C)c(F)c3)cc2)n1. The van der Waals surface area contributed by atoms with Crippen molar-refractivity contribution in [1.29, 1.82) is 0 Å². The number of hydrogen-bond donors (Lipinski definition) is 1. The van der Waals surface area contributed by atoms with Gasteiger partial charge in [0.1, 0.15) is 5.82 Å². The first-order chi connectivity index (χ1) is 11.1. The Kier molecular flexibility index (Phi) is 4.48. The summed E-state index contributed by atoms with van der Waals surface area (Å²) in [4.78, 5) is 4.27. The standard InChI is InChI=1S/C18H16FN3S/c1-12-3-6-16(9-17(12)19)15-7-4-14(5-8-15)10-20-22-18-21-13(2)11-23-18/h3-11H,1-2H3,(H,21,22). The van der Waals surface area contributed by atoms with Gasteiger partial charge in [-0.15, -0.1) is 11.3 Å². The lowest BCUT2D eigenvalue weighted by Crippen LogP contribution is -1.90. The summed E-state index contributed by atoms with van der Waals surface area (Å²) in [5, 5.41) is 6.90. The van der Waals surface area contributed by atoms with Crippen LogP contribution < -0.4 is 5.43 Å². The molecule has 0 spiro atoms. The van der Waals surface area contributed by atoms with Gasteiger partial charge >= 0.3 is 0 Å². The predicted molar refractivity (Wildman–Crippen MR) is 94.6 cm³/mol. The molecule has 3 nitrogen and oxygen atoms in total. The van der Waals surface area contributed by atoms with Crippen LogP contribution in [0.5, 0.6) is 0 Å². The third-order valence-electron chi connectivity index (χ3n) is 3.41. The number of anilines is 1. The van der Waals surface area contributed by atoms with Gasteiger partial charge in [0, 0.05) is 5.38 Å². The van der Waals surface area contributed by atoms with E-state index in [1.54, 1.807) is 25.3 Å². The third-order valence-corrected chi connectivity index (χ3v) is 4.27. The highest BCUT2D eigenvalue weighted by Crippen LogP contribution is 2.22. The topological polar surface area (TPSA) is 37.3 Å². The summed E-state index contributed by atoms with van der Waals surface area (Å²) in [5.41, 5.74) is 7.33. The summed E-state index contributed by atoms with van der Waals surface area (Å²) in [6.45, 7) is 3.70. The van der Waals surface area contributed by atoms with Crippen LogP contribution in [0.1, 0.15) is 16.8 Å². The van der Waals surface area contributed by atoms with Crippen molar-refractivity contribution in [3.05, 3.63) is 70.5 Å². The molecule has 5 heteroatoms. The highest BCUT2D eigenvalue weighted by molar-refractivity contribution is 7.13. The molecular weight excluding hydrogens is 309 g/mol. The molecule has 0 aliphatic carbocycles. The second-order valence-electron chi connectivity index (χ2n) is 5.25. The summed E-state index contributed by atoms with van der Waals surface area (Å²) >= 11 is 1.52. The highest BCUT2D eigenvalue weighted by atomic mass is 32.1. The molecule has 23 heavy (non-hydrogen) atoms. The van der Waals surface area contributed by atoms with Crippen LogP contribution in [0.25, 0.3) is 11.1 Å². The molecule has 3 aromatic rings. The Morgan fingerprint density at radius 1 is 1.09 bits per heavy atom. The fourth-order valence-electron chi connectivity index (χ4n) is 2.10. The van der Waals surface area contributed by atoms with Gasteiger partial charge in [0.05, 0.1) is 11.9 Å². The van der Waals surface area contributed by atoms with Crippen LogP contribution in [0.4, 0.5) is 9.52 Å². The molecular formula is C18H16FN3S.